The van der Waals surface area contributed by atoms with Crippen LogP contribution in [-0.2, 0) is 0 Å². The molecule has 0 saturated heterocycles. The van der Waals surface area contributed by atoms with Crippen LogP contribution >= 0.6 is 0 Å². The fraction of sp³-hybridized carbons (Fsp3) is 0.100. The van der Waals surface area contributed by atoms with E-state index in [0.29, 0.717) is 11.3 Å². The zero-order chi connectivity index (χ0) is 17.6. The normalized spacial score (nSPS) is 10.2. The van der Waals surface area contributed by atoms with E-state index < -0.39 is 0 Å². The van der Waals surface area contributed by atoms with Gasteiger partial charge in [0, 0.05) is 11.9 Å². The fourth-order valence-corrected chi connectivity index (χ4v) is 2.44. The summed E-state index contributed by atoms with van der Waals surface area (Å²) in [5, 5.41) is 6.14. The zero-order valence-corrected chi connectivity index (χ0v) is 14.1. The van der Waals surface area contributed by atoms with E-state index in [1.54, 1.807) is 25.6 Å². The van der Waals surface area contributed by atoms with Gasteiger partial charge in [0.1, 0.15) is 5.75 Å². The maximum Gasteiger partial charge on any atom is 0.257 e. The van der Waals surface area contributed by atoms with Crippen LogP contribution in [-0.4, -0.2) is 18.0 Å². The summed E-state index contributed by atoms with van der Waals surface area (Å²) in [6.07, 6.45) is 3.21. The Morgan fingerprint density at radius 1 is 1.00 bits per heavy atom. The van der Waals surface area contributed by atoms with Crippen molar-refractivity contribution >= 4 is 23.0 Å². The number of amides is 1. The molecule has 0 unspecified atom stereocenters. The van der Waals surface area contributed by atoms with Gasteiger partial charge in [-0.05, 0) is 36.8 Å². The first-order valence-corrected chi connectivity index (χ1v) is 7.89. The molecule has 0 fully saturated rings. The summed E-state index contributed by atoms with van der Waals surface area (Å²) in [6.45, 7) is 1.95. The highest BCUT2D eigenvalue weighted by Gasteiger charge is 2.10. The minimum atomic E-state index is -0.203. The lowest BCUT2D eigenvalue weighted by molar-refractivity contribution is 0.102. The lowest BCUT2D eigenvalue weighted by Gasteiger charge is -2.12. The standard InChI is InChI=1S/C20H19N3O2/c1-14-7-3-4-8-17(14)23-20(24)15-11-16(13-21-12-15)22-18-9-5-6-10-19(18)25-2/h3-13,22H,1-2H3,(H,23,24). The van der Waals surface area contributed by atoms with Crippen LogP contribution in [0.25, 0.3) is 0 Å². The molecule has 0 aliphatic heterocycles. The van der Waals surface area contributed by atoms with Crippen LogP contribution in [0, 0.1) is 6.92 Å². The van der Waals surface area contributed by atoms with Gasteiger partial charge in [0.15, 0.2) is 0 Å². The molecule has 1 aromatic heterocycles. The van der Waals surface area contributed by atoms with E-state index in [2.05, 4.69) is 15.6 Å². The molecule has 25 heavy (non-hydrogen) atoms. The molecule has 0 spiro atoms. The van der Waals surface area contributed by atoms with Gasteiger partial charge < -0.3 is 15.4 Å². The summed E-state index contributed by atoms with van der Waals surface area (Å²) in [6, 6.07) is 17.0. The number of hydrogen-bond donors (Lipinski definition) is 2. The van der Waals surface area contributed by atoms with Gasteiger partial charge in [-0.3, -0.25) is 9.78 Å². The Morgan fingerprint density at radius 3 is 2.48 bits per heavy atom. The monoisotopic (exact) mass is 333 g/mol. The third-order valence-corrected chi connectivity index (χ3v) is 3.78. The lowest BCUT2D eigenvalue weighted by Crippen LogP contribution is -2.13. The van der Waals surface area contributed by atoms with Gasteiger partial charge in [-0.1, -0.05) is 30.3 Å². The number of pyridine rings is 1. The molecule has 0 aliphatic rings. The summed E-state index contributed by atoms with van der Waals surface area (Å²) in [4.78, 5) is 16.6. The molecular weight excluding hydrogens is 314 g/mol. The molecule has 0 atom stereocenters. The minimum Gasteiger partial charge on any atom is -0.495 e. The van der Waals surface area contributed by atoms with E-state index in [9.17, 15) is 4.79 Å². The number of carbonyl (C=O) groups is 1. The van der Waals surface area contributed by atoms with Crippen molar-refractivity contribution in [2.45, 2.75) is 6.92 Å². The van der Waals surface area contributed by atoms with Crippen molar-refractivity contribution in [2.75, 3.05) is 17.7 Å². The van der Waals surface area contributed by atoms with E-state index in [-0.39, 0.29) is 5.91 Å². The number of aryl methyl sites for hydroxylation is 1. The van der Waals surface area contributed by atoms with Crippen LogP contribution in [0.3, 0.4) is 0 Å². The highest BCUT2D eigenvalue weighted by Crippen LogP contribution is 2.27. The summed E-state index contributed by atoms with van der Waals surface area (Å²) < 4.78 is 5.33. The van der Waals surface area contributed by atoms with Crippen molar-refractivity contribution in [3.8, 4) is 5.75 Å². The van der Waals surface area contributed by atoms with Crippen molar-refractivity contribution in [3.63, 3.8) is 0 Å². The molecule has 3 aromatic rings. The second-order valence-electron chi connectivity index (χ2n) is 5.56. The van der Waals surface area contributed by atoms with E-state index >= 15 is 0 Å². The van der Waals surface area contributed by atoms with Crippen molar-refractivity contribution in [1.29, 1.82) is 0 Å². The highest BCUT2D eigenvalue weighted by molar-refractivity contribution is 6.05. The lowest BCUT2D eigenvalue weighted by atomic mass is 10.2. The average molecular weight is 333 g/mol. The van der Waals surface area contributed by atoms with Crippen LogP contribution in [0.2, 0.25) is 0 Å². The molecule has 3 rings (SSSR count). The third-order valence-electron chi connectivity index (χ3n) is 3.78. The van der Waals surface area contributed by atoms with E-state index in [1.807, 2.05) is 55.5 Å². The third kappa shape index (κ3) is 3.95. The molecule has 0 saturated carbocycles. The van der Waals surface area contributed by atoms with Crippen LogP contribution < -0.4 is 15.4 Å². The van der Waals surface area contributed by atoms with E-state index in [0.717, 1.165) is 22.7 Å². The minimum absolute atomic E-state index is 0.203. The number of nitrogens with zero attached hydrogens (tertiary/aromatic N) is 1. The van der Waals surface area contributed by atoms with Crippen molar-refractivity contribution in [3.05, 3.63) is 78.1 Å². The largest absolute Gasteiger partial charge is 0.495 e. The Kier molecular flexibility index (Phi) is 4.95. The number of para-hydroxylation sites is 3. The Bertz CT molecular complexity index is 893. The van der Waals surface area contributed by atoms with Gasteiger partial charge in [0.2, 0.25) is 0 Å². The molecule has 5 nitrogen and oxygen atoms in total. The molecule has 0 aliphatic carbocycles. The second kappa shape index (κ2) is 7.49. The fourth-order valence-electron chi connectivity index (χ4n) is 2.44. The molecule has 2 N–H and O–H groups in total. The summed E-state index contributed by atoms with van der Waals surface area (Å²) >= 11 is 0. The Hall–Kier alpha value is -3.34. The Balaban J connectivity index is 1.79. The number of nitrogens with one attached hydrogen (secondary N) is 2. The van der Waals surface area contributed by atoms with Crippen molar-refractivity contribution in [1.82, 2.24) is 4.98 Å². The maximum atomic E-state index is 12.5. The molecule has 5 heteroatoms. The Labute approximate surface area is 146 Å². The van der Waals surface area contributed by atoms with Gasteiger partial charge in [-0.2, -0.15) is 0 Å². The smallest absolute Gasteiger partial charge is 0.257 e. The number of benzene rings is 2. The van der Waals surface area contributed by atoms with Crippen LogP contribution in [0.1, 0.15) is 15.9 Å². The van der Waals surface area contributed by atoms with Gasteiger partial charge in [-0.15, -0.1) is 0 Å². The molecule has 0 radical (unpaired) electrons. The summed E-state index contributed by atoms with van der Waals surface area (Å²) in [5.41, 5.74) is 3.79. The molecule has 2 aromatic carbocycles. The molecule has 126 valence electrons. The Morgan fingerprint density at radius 2 is 1.72 bits per heavy atom. The number of methoxy groups -OCH3 is 1. The molecule has 0 bridgehead atoms. The maximum absolute atomic E-state index is 12.5. The van der Waals surface area contributed by atoms with Crippen LogP contribution in [0.5, 0.6) is 5.75 Å². The summed E-state index contributed by atoms with van der Waals surface area (Å²) in [5.74, 6) is 0.516. The molecule has 1 amide bonds. The first-order chi connectivity index (χ1) is 12.2. The van der Waals surface area contributed by atoms with Crippen LogP contribution in [0.15, 0.2) is 67.0 Å². The second-order valence-corrected chi connectivity index (χ2v) is 5.56. The summed E-state index contributed by atoms with van der Waals surface area (Å²) in [7, 11) is 1.62. The van der Waals surface area contributed by atoms with E-state index in [1.165, 1.54) is 0 Å². The number of rotatable bonds is 5. The van der Waals surface area contributed by atoms with Gasteiger partial charge in [-0.25, -0.2) is 0 Å². The number of hydrogen-bond acceptors (Lipinski definition) is 4. The number of ether oxygens (including phenoxy) is 1. The van der Waals surface area contributed by atoms with Gasteiger partial charge in [0.05, 0.1) is 30.2 Å². The number of carbonyl (C=O) groups excluding carboxylic acids is 1. The van der Waals surface area contributed by atoms with Crippen LogP contribution in [0.4, 0.5) is 17.1 Å². The number of aromatic nitrogens is 1. The molecule has 1 heterocycles. The predicted molar refractivity (Wildman–Crippen MR) is 99.6 cm³/mol. The predicted octanol–water partition coefficient (Wildman–Crippen LogP) is 4.39. The van der Waals surface area contributed by atoms with Gasteiger partial charge in [0.25, 0.3) is 5.91 Å². The topological polar surface area (TPSA) is 63.2 Å². The zero-order valence-electron chi connectivity index (χ0n) is 14.1. The average Bonchev–Trinajstić information content (AvgIpc) is 2.64. The van der Waals surface area contributed by atoms with Crippen molar-refractivity contribution < 1.29 is 9.53 Å². The first-order valence-electron chi connectivity index (χ1n) is 7.89. The van der Waals surface area contributed by atoms with Crippen molar-refractivity contribution in [2.24, 2.45) is 0 Å². The van der Waals surface area contributed by atoms with E-state index in [4.69, 9.17) is 4.74 Å². The van der Waals surface area contributed by atoms with Gasteiger partial charge >= 0.3 is 0 Å². The molecular formula is C20H19N3O2. The number of anilines is 3. The first kappa shape index (κ1) is 16.5. The quantitative estimate of drug-likeness (QED) is 0.727. The SMILES string of the molecule is COc1ccccc1Nc1cncc(C(=O)Nc2ccccc2C)c1. The highest BCUT2D eigenvalue weighted by atomic mass is 16.5.